The second-order valence-electron chi connectivity index (χ2n) is 6.09. The lowest BCUT2D eigenvalue weighted by Gasteiger charge is -2.20. The molecule has 0 fully saturated rings. The van der Waals surface area contributed by atoms with Gasteiger partial charge in [-0.2, -0.15) is 0 Å². The summed E-state index contributed by atoms with van der Waals surface area (Å²) >= 11 is 0. The maximum absolute atomic E-state index is 13.6. The van der Waals surface area contributed by atoms with Crippen molar-refractivity contribution in [3.8, 4) is 0 Å². The summed E-state index contributed by atoms with van der Waals surface area (Å²) in [5.74, 6) is -2.28. The van der Waals surface area contributed by atoms with E-state index in [1.807, 2.05) is 13.8 Å². The molecule has 0 spiro atoms. The topological polar surface area (TPSA) is 78.4 Å². The number of rotatable bonds is 10. The SMILES string of the molecule is CC(C)C[C@H](NCCCC(=O)O)C(=O)NCc1ccc(F)cc1F. The quantitative estimate of drug-likeness (QED) is 0.571. The van der Waals surface area contributed by atoms with Crippen LogP contribution in [0.1, 0.15) is 38.7 Å². The van der Waals surface area contributed by atoms with Crippen molar-refractivity contribution in [3.05, 3.63) is 35.4 Å². The van der Waals surface area contributed by atoms with Gasteiger partial charge in [-0.1, -0.05) is 19.9 Å². The molecular formula is C17H24F2N2O3. The van der Waals surface area contributed by atoms with Crippen LogP contribution in [0.5, 0.6) is 0 Å². The zero-order valence-corrected chi connectivity index (χ0v) is 13.9. The van der Waals surface area contributed by atoms with Gasteiger partial charge in [-0.15, -0.1) is 0 Å². The summed E-state index contributed by atoms with van der Waals surface area (Å²) in [6.07, 6.45) is 1.03. The van der Waals surface area contributed by atoms with E-state index in [-0.39, 0.29) is 30.4 Å². The number of halogens is 2. The number of amides is 1. The maximum Gasteiger partial charge on any atom is 0.303 e. The number of hydrogen-bond donors (Lipinski definition) is 3. The lowest BCUT2D eigenvalue weighted by atomic mass is 10.0. The Morgan fingerprint density at radius 2 is 1.96 bits per heavy atom. The van der Waals surface area contributed by atoms with E-state index >= 15 is 0 Å². The highest BCUT2D eigenvalue weighted by Gasteiger charge is 2.19. The average Bonchev–Trinajstić information content (AvgIpc) is 2.48. The van der Waals surface area contributed by atoms with E-state index < -0.39 is 23.6 Å². The first kappa shape index (κ1) is 20.0. The molecule has 0 bridgehead atoms. The molecule has 0 heterocycles. The average molecular weight is 342 g/mol. The van der Waals surface area contributed by atoms with Gasteiger partial charge in [-0.25, -0.2) is 8.78 Å². The van der Waals surface area contributed by atoms with Crippen LogP contribution in [0.3, 0.4) is 0 Å². The molecule has 0 saturated carbocycles. The fraction of sp³-hybridized carbons (Fsp3) is 0.529. The molecule has 0 saturated heterocycles. The summed E-state index contributed by atoms with van der Waals surface area (Å²) in [6.45, 7) is 4.32. The van der Waals surface area contributed by atoms with Crippen molar-refractivity contribution in [2.75, 3.05) is 6.54 Å². The third-order valence-corrected chi connectivity index (χ3v) is 3.45. The van der Waals surface area contributed by atoms with Gasteiger partial charge >= 0.3 is 5.97 Å². The molecular weight excluding hydrogens is 318 g/mol. The van der Waals surface area contributed by atoms with Crippen LogP contribution in [-0.2, 0) is 16.1 Å². The van der Waals surface area contributed by atoms with E-state index in [2.05, 4.69) is 10.6 Å². The Hall–Kier alpha value is -2.02. The molecule has 0 aliphatic carbocycles. The molecule has 0 aromatic heterocycles. The minimum absolute atomic E-state index is 0.0314. The van der Waals surface area contributed by atoms with Crippen LogP contribution in [0, 0.1) is 17.6 Å². The molecule has 0 unspecified atom stereocenters. The molecule has 1 amide bonds. The Balaban J connectivity index is 2.55. The van der Waals surface area contributed by atoms with Crippen molar-refractivity contribution in [2.45, 2.75) is 45.7 Å². The van der Waals surface area contributed by atoms with Gasteiger partial charge in [0.1, 0.15) is 11.6 Å². The minimum atomic E-state index is -0.881. The van der Waals surface area contributed by atoms with Crippen LogP contribution < -0.4 is 10.6 Å². The predicted molar refractivity (Wildman–Crippen MR) is 86.3 cm³/mol. The van der Waals surface area contributed by atoms with Crippen LogP contribution in [0.4, 0.5) is 8.78 Å². The molecule has 0 aliphatic rings. The molecule has 1 aromatic carbocycles. The van der Waals surface area contributed by atoms with E-state index in [0.717, 1.165) is 12.1 Å². The summed E-state index contributed by atoms with van der Waals surface area (Å²) in [4.78, 5) is 22.8. The number of carboxylic acids is 1. The number of carbonyl (C=O) groups is 2. The molecule has 1 aromatic rings. The lowest BCUT2D eigenvalue weighted by Crippen LogP contribution is -2.45. The maximum atomic E-state index is 13.6. The zero-order valence-electron chi connectivity index (χ0n) is 13.9. The summed E-state index contributed by atoms with van der Waals surface area (Å²) in [6, 6.07) is 2.72. The van der Waals surface area contributed by atoms with E-state index in [0.29, 0.717) is 19.4 Å². The van der Waals surface area contributed by atoms with Crippen LogP contribution >= 0.6 is 0 Å². The second-order valence-corrected chi connectivity index (χ2v) is 6.09. The highest BCUT2D eigenvalue weighted by atomic mass is 19.1. The van der Waals surface area contributed by atoms with E-state index in [1.165, 1.54) is 6.07 Å². The highest BCUT2D eigenvalue weighted by Crippen LogP contribution is 2.10. The number of carboxylic acid groups (broad SMARTS) is 1. The van der Waals surface area contributed by atoms with Crippen LogP contribution in [-0.4, -0.2) is 29.6 Å². The van der Waals surface area contributed by atoms with Gasteiger partial charge < -0.3 is 15.7 Å². The largest absolute Gasteiger partial charge is 0.481 e. The molecule has 1 atom stereocenters. The first-order chi connectivity index (χ1) is 11.3. The Morgan fingerprint density at radius 3 is 2.54 bits per heavy atom. The molecule has 7 heteroatoms. The number of nitrogens with one attached hydrogen (secondary N) is 2. The van der Waals surface area contributed by atoms with E-state index in [9.17, 15) is 18.4 Å². The Labute approximate surface area is 140 Å². The highest BCUT2D eigenvalue weighted by molar-refractivity contribution is 5.81. The van der Waals surface area contributed by atoms with Crippen molar-refractivity contribution in [1.82, 2.24) is 10.6 Å². The van der Waals surface area contributed by atoms with Crippen molar-refractivity contribution in [3.63, 3.8) is 0 Å². The van der Waals surface area contributed by atoms with Gasteiger partial charge in [0.15, 0.2) is 0 Å². The van der Waals surface area contributed by atoms with Crippen molar-refractivity contribution in [2.24, 2.45) is 5.92 Å². The number of benzene rings is 1. The minimum Gasteiger partial charge on any atom is -0.481 e. The van der Waals surface area contributed by atoms with Crippen molar-refractivity contribution < 1.29 is 23.5 Å². The van der Waals surface area contributed by atoms with Gasteiger partial charge in [0.2, 0.25) is 5.91 Å². The molecule has 5 nitrogen and oxygen atoms in total. The van der Waals surface area contributed by atoms with Crippen LogP contribution in [0.15, 0.2) is 18.2 Å². The van der Waals surface area contributed by atoms with Gasteiger partial charge in [0, 0.05) is 24.6 Å². The third-order valence-electron chi connectivity index (χ3n) is 3.45. The fourth-order valence-corrected chi connectivity index (χ4v) is 2.24. The molecule has 1 rings (SSSR count). The van der Waals surface area contributed by atoms with Crippen LogP contribution in [0.25, 0.3) is 0 Å². The molecule has 0 aliphatic heterocycles. The molecule has 134 valence electrons. The summed E-state index contributed by atoms with van der Waals surface area (Å²) in [7, 11) is 0. The summed E-state index contributed by atoms with van der Waals surface area (Å²) < 4.78 is 26.4. The Bertz CT molecular complexity index is 565. The van der Waals surface area contributed by atoms with Gasteiger partial charge in [0.05, 0.1) is 6.04 Å². The van der Waals surface area contributed by atoms with Crippen LogP contribution in [0.2, 0.25) is 0 Å². The summed E-state index contributed by atoms with van der Waals surface area (Å²) in [5, 5.41) is 14.3. The molecule has 3 N–H and O–H groups in total. The second kappa shape index (κ2) is 9.97. The first-order valence-corrected chi connectivity index (χ1v) is 7.96. The third kappa shape index (κ3) is 7.50. The normalized spacial score (nSPS) is 12.2. The van der Waals surface area contributed by atoms with Gasteiger partial charge in [0.25, 0.3) is 0 Å². The summed E-state index contributed by atoms with van der Waals surface area (Å²) in [5.41, 5.74) is 0.207. The lowest BCUT2D eigenvalue weighted by molar-refractivity contribution is -0.137. The standard InChI is InChI=1S/C17H24F2N2O3/c1-11(2)8-15(20-7-3-4-16(22)23)17(24)21-10-12-5-6-13(18)9-14(12)19/h5-6,9,11,15,20H,3-4,7-8,10H2,1-2H3,(H,21,24)(H,22,23)/t15-/m0/s1. The Kier molecular flexibility index (Phi) is 8.32. The smallest absolute Gasteiger partial charge is 0.303 e. The van der Waals surface area contributed by atoms with Gasteiger partial charge in [-0.3, -0.25) is 9.59 Å². The molecule has 24 heavy (non-hydrogen) atoms. The number of carbonyl (C=O) groups excluding carboxylic acids is 1. The fourth-order valence-electron chi connectivity index (χ4n) is 2.24. The zero-order chi connectivity index (χ0) is 18.1. The monoisotopic (exact) mass is 342 g/mol. The first-order valence-electron chi connectivity index (χ1n) is 7.96. The Morgan fingerprint density at radius 1 is 1.25 bits per heavy atom. The number of aliphatic carboxylic acids is 1. The molecule has 0 radical (unpaired) electrons. The van der Waals surface area contributed by atoms with E-state index in [4.69, 9.17) is 5.11 Å². The van der Waals surface area contributed by atoms with Crippen molar-refractivity contribution in [1.29, 1.82) is 0 Å². The van der Waals surface area contributed by atoms with E-state index in [1.54, 1.807) is 0 Å². The van der Waals surface area contributed by atoms with Gasteiger partial charge in [-0.05, 0) is 31.4 Å². The predicted octanol–water partition coefficient (Wildman–Crippen LogP) is 2.45. The number of hydrogen-bond acceptors (Lipinski definition) is 3. The van der Waals surface area contributed by atoms with Crippen molar-refractivity contribution >= 4 is 11.9 Å².